The second-order valence-corrected chi connectivity index (χ2v) is 12.1. The van der Waals surface area contributed by atoms with Gasteiger partial charge in [-0.15, -0.1) is 15.7 Å². The quantitative estimate of drug-likeness (QED) is 0.556. The van der Waals surface area contributed by atoms with Gasteiger partial charge in [-0.25, -0.2) is 14.3 Å². The molecular formula is C22H31N5O3S2. The van der Waals surface area contributed by atoms with E-state index in [1.807, 2.05) is 17.9 Å². The predicted molar refractivity (Wildman–Crippen MR) is 128 cm³/mol. The second kappa shape index (κ2) is 8.66. The third-order valence-electron chi connectivity index (χ3n) is 5.34. The van der Waals surface area contributed by atoms with Crippen molar-refractivity contribution in [3.05, 3.63) is 40.0 Å². The molecule has 2 aromatic heterocycles. The zero-order valence-electron chi connectivity index (χ0n) is 19.5. The summed E-state index contributed by atoms with van der Waals surface area (Å²) in [4.78, 5) is 17.5. The Bertz CT molecular complexity index is 1290. The van der Waals surface area contributed by atoms with E-state index in [4.69, 9.17) is 5.14 Å². The number of benzene rings is 1. The van der Waals surface area contributed by atoms with E-state index in [0.29, 0.717) is 4.88 Å². The Morgan fingerprint density at radius 2 is 1.94 bits per heavy atom. The minimum Gasteiger partial charge on any atom is -0.385 e. The molecule has 174 valence electrons. The zero-order chi connectivity index (χ0) is 24.0. The number of amides is 1. The Morgan fingerprint density at radius 3 is 2.47 bits per heavy atom. The van der Waals surface area contributed by atoms with Crippen LogP contribution in [0.4, 0.5) is 0 Å². The van der Waals surface area contributed by atoms with Gasteiger partial charge in [-0.2, -0.15) is 5.10 Å². The molecule has 0 aliphatic carbocycles. The van der Waals surface area contributed by atoms with Crippen LogP contribution in [-0.2, 0) is 33.8 Å². The Morgan fingerprint density at radius 1 is 1.28 bits per heavy atom. The fraction of sp³-hybridized carbons (Fsp3) is 0.500. The molecule has 0 radical (unpaired) electrons. The molecule has 3 rings (SSSR count). The molecule has 8 nitrogen and oxygen atoms in total. The van der Waals surface area contributed by atoms with Crippen molar-refractivity contribution in [2.75, 3.05) is 0 Å². The molecule has 32 heavy (non-hydrogen) atoms. The number of nitrogens with two attached hydrogens (primary N) is 1. The average Bonchev–Trinajstić information content (AvgIpc) is 3.28. The maximum Gasteiger partial charge on any atom is 0.259 e. The molecule has 0 aliphatic rings. The summed E-state index contributed by atoms with van der Waals surface area (Å²) >= 11 is 0.997. The van der Waals surface area contributed by atoms with Crippen LogP contribution in [0.1, 0.15) is 74.9 Å². The molecule has 0 spiro atoms. The predicted octanol–water partition coefficient (Wildman–Crippen LogP) is 3.97. The fourth-order valence-corrected chi connectivity index (χ4v) is 5.96. The maximum atomic E-state index is 13.0. The first-order valence-corrected chi connectivity index (χ1v) is 12.9. The molecular weight excluding hydrogens is 446 g/mol. The second-order valence-electron chi connectivity index (χ2n) is 9.15. The molecule has 10 heteroatoms. The van der Waals surface area contributed by atoms with E-state index in [-0.39, 0.29) is 22.6 Å². The van der Waals surface area contributed by atoms with Crippen LogP contribution in [0.2, 0.25) is 0 Å². The average molecular weight is 478 g/mol. The normalized spacial score (nSPS) is 14.3. The minimum absolute atomic E-state index is 0.0101. The van der Waals surface area contributed by atoms with Crippen molar-refractivity contribution in [3.8, 4) is 0 Å². The largest absolute Gasteiger partial charge is 0.385 e. The number of carbonyl (C=O) groups excluding carboxylic acids is 1. The van der Waals surface area contributed by atoms with Gasteiger partial charge in [0.1, 0.15) is 0 Å². The lowest BCUT2D eigenvalue weighted by molar-refractivity contribution is -0.117. The number of hydrogen-bond donors (Lipinski definition) is 2. The van der Waals surface area contributed by atoms with Crippen molar-refractivity contribution in [2.45, 2.75) is 69.7 Å². The molecule has 1 aromatic carbocycles. The van der Waals surface area contributed by atoms with Crippen LogP contribution in [0.25, 0.3) is 10.9 Å². The zero-order valence-corrected chi connectivity index (χ0v) is 21.2. The van der Waals surface area contributed by atoms with E-state index >= 15 is 0 Å². The summed E-state index contributed by atoms with van der Waals surface area (Å²) in [5.74, 6) is -0.242. The summed E-state index contributed by atoms with van der Waals surface area (Å²) in [7, 11) is -1.62. The van der Waals surface area contributed by atoms with Crippen molar-refractivity contribution in [1.82, 2.24) is 14.8 Å². The minimum atomic E-state index is -3.52. The van der Waals surface area contributed by atoms with Crippen molar-refractivity contribution in [1.29, 1.82) is 0 Å². The first-order chi connectivity index (χ1) is 14.7. The Labute approximate surface area is 193 Å². The van der Waals surface area contributed by atoms with Gasteiger partial charge >= 0.3 is 0 Å². The number of fused-ring (bicyclic) bond motifs is 1. The molecule has 0 aliphatic heterocycles. The van der Waals surface area contributed by atoms with Gasteiger partial charge in [-0.05, 0) is 48.4 Å². The highest BCUT2D eigenvalue weighted by Gasteiger charge is 2.25. The lowest BCUT2D eigenvalue weighted by Gasteiger charge is -2.20. The van der Waals surface area contributed by atoms with Crippen LogP contribution < -0.4 is 5.14 Å². The number of aliphatic hydroxyl groups is 1. The Hall–Kier alpha value is -2.14. The lowest BCUT2D eigenvalue weighted by Crippen LogP contribution is -2.17. The van der Waals surface area contributed by atoms with Crippen molar-refractivity contribution < 1.29 is 14.1 Å². The molecule has 0 fully saturated rings. The molecule has 3 N–H and O–H groups in total. The molecule has 0 saturated heterocycles. The van der Waals surface area contributed by atoms with Crippen LogP contribution in [0.3, 0.4) is 0 Å². The summed E-state index contributed by atoms with van der Waals surface area (Å²) < 4.78 is 18.8. The lowest BCUT2D eigenvalue weighted by atomic mass is 9.85. The van der Waals surface area contributed by atoms with Gasteiger partial charge in [0, 0.05) is 18.6 Å². The monoisotopic (exact) mass is 477 g/mol. The summed E-state index contributed by atoms with van der Waals surface area (Å²) in [5, 5.41) is 21.5. The summed E-state index contributed by atoms with van der Waals surface area (Å²) in [5.41, 5.74) is 2.83. The van der Waals surface area contributed by atoms with Crippen molar-refractivity contribution in [3.63, 3.8) is 0 Å². The van der Waals surface area contributed by atoms with E-state index in [9.17, 15) is 14.1 Å². The number of hydrogen-bond acceptors (Lipinski definition) is 6. The van der Waals surface area contributed by atoms with E-state index in [1.165, 1.54) is 6.20 Å². The van der Waals surface area contributed by atoms with Gasteiger partial charge < -0.3 is 5.11 Å². The molecule has 3 aromatic rings. The van der Waals surface area contributed by atoms with Gasteiger partial charge in [-0.1, -0.05) is 27.7 Å². The number of aryl methyl sites for hydroxylation is 1. The smallest absolute Gasteiger partial charge is 0.259 e. The van der Waals surface area contributed by atoms with Crippen molar-refractivity contribution in [2.24, 2.45) is 16.5 Å². The highest BCUT2D eigenvalue weighted by molar-refractivity contribution is 7.93. The van der Waals surface area contributed by atoms with Crippen LogP contribution >= 0.6 is 11.3 Å². The van der Waals surface area contributed by atoms with Crippen LogP contribution in [-0.4, -0.2) is 30.0 Å². The van der Waals surface area contributed by atoms with Gasteiger partial charge in [0.2, 0.25) is 4.34 Å². The van der Waals surface area contributed by atoms with Crippen LogP contribution in [0, 0.1) is 0 Å². The Balaban J connectivity index is 2.08. The van der Waals surface area contributed by atoms with E-state index in [2.05, 4.69) is 48.2 Å². The molecule has 0 bridgehead atoms. The summed E-state index contributed by atoms with van der Waals surface area (Å²) in [6.07, 6.45) is 3.22. The summed E-state index contributed by atoms with van der Waals surface area (Å²) in [6, 6.07) is 2.07. The molecule has 1 amide bonds. The molecule has 1 unspecified atom stereocenters. The first-order valence-electron chi connectivity index (χ1n) is 10.5. The maximum absolute atomic E-state index is 13.0. The molecule has 0 saturated carbocycles. The van der Waals surface area contributed by atoms with E-state index < -0.39 is 21.4 Å². The van der Waals surface area contributed by atoms with E-state index in [1.54, 1.807) is 13.8 Å². The topological polar surface area (TPSA) is 123 Å². The standard InChI is InChI=1S/C22H31N5O3S2/c1-12(2)14-8-17-16(10-25-27(17)7)20(13(3)4)15(14)9-19(28)26-32(23,30)21-24-11-18(31-21)22(5,6)29/h8,10-13,29H,9H2,1-7H3,(H2,23,26,28,30). The van der Waals surface area contributed by atoms with E-state index in [0.717, 1.165) is 38.9 Å². The summed E-state index contributed by atoms with van der Waals surface area (Å²) in [6.45, 7) is 11.5. The SMILES string of the molecule is CC(C)c1cc2c(cnn2C)c(C(C)C)c1CC(=O)N=S(N)(=O)c1ncc(C(C)(C)O)s1. The van der Waals surface area contributed by atoms with Crippen LogP contribution in [0.15, 0.2) is 27.2 Å². The van der Waals surface area contributed by atoms with Gasteiger partial charge in [-0.3, -0.25) is 9.48 Å². The number of aromatic nitrogens is 3. The van der Waals surface area contributed by atoms with Gasteiger partial charge in [0.05, 0.1) is 28.6 Å². The highest BCUT2D eigenvalue weighted by atomic mass is 32.2. The van der Waals surface area contributed by atoms with Gasteiger partial charge in [0.15, 0.2) is 9.92 Å². The highest BCUT2D eigenvalue weighted by Crippen LogP contribution is 2.35. The Kier molecular flexibility index (Phi) is 6.63. The molecule has 2 heterocycles. The number of carbonyl (C=O) groups is 1. The first kappa shape index (κ1) is 24.5. The fourth-order valence-electron chi connectivity index (χ4n) is 3.80. The molecule has 1 atom stereocenters. The third-order valence-corrected chi connectivity index (χ3v) is 8.50. The number of thiazole rings is 1. The van der Waals surface area contributed by atoms with Crippen LogP contribution in [0.5, 0.6) is 0 Å². The number of rotatable bonds is 6. The van der Waals surface area contributed by atoms with Crippen molar-refractivity contribution >= 4 is 38.1 Å². The number of nitrogens with zero attached hydrogens (tertiary/aromatic N) is 4. The van der Waals surface area contributed by atoms with Gasteiger partial charge in [0.25, 0.3) is 5.91 Å². The third kappa shape index (κ3) is 4.78.